The summed E-state index contributed by atoms with van der Waals surface area (Å²) in [5.74, 6) is 1.91. The summed E-state index contributed by atoms with van der Waals surface area (Å²) in [7, 11) is 0. The lowest BCUT2D eigenvalue weighted by molar-refractivity contribution is 0.153. The van der Waals surface area contributed by atoms with Crippen molar-refractivity contribution in [1.29, 1.82) is 0 Å². The van der Waals surface area contributed by atoms with E-state index >= 15 is 0 Å². The highest BCUT2D eigenvalue weighted by Gasteiger charge is 1.98. The highest BCUT2D eigenvalue weighted by molar-refractivity contribution is 7.99. The fourth-order valence-corrected chi connectivity index (χ4v) is 2.85. The molecular weight excluding hydrogens is 318 g/mol. The monoisotopic (exact) mass is 353 g/mol. The van der Waals surface area contributed by atoms with Crippen molar-refractivity contribution in [2.24, 2.45) is 0 Å². The van der Waals surface area contributed by atoms with E-state index in [0.29, 0.717) is 13.2 Å². The number of nitrogens with one attached hydrogen (secondary N) is 1. The van der Waals surface area contributed by atoms with Crippen LogP contribution in [0.3, 0.4) is 0 Å². The van der Waals surface area contributed by atoms with Crippen molar-refractivity contribution >= 4 is 17.9 Å². The molecule has 138 valence electrons. The summed E-state index contributed by atoms with van der Waals surface area (Å²) in [5.41, 5.74) is 4.32. The Morgan fingerprint density at radius 1 is 1.00 bits per heavy atom. The number of hydrogen-bond acceptors (Lipinski definition) is 3. The fourth-order valence-electron chi connectivity index (χ4n) is 2.03. The minimum Gasteiger partial charge on any atom is -0.450 e. The fraction of sp³-hybridized carbons (Fsp3) is 0.650. The van der Waals surface area contributed by atoms with E-state index < -0.39 is 0 Å². The van der Waals surface area contributed by atoms with Crippen molar-refractivity contribution in [3.05, 3.63) is 34.9 Å². The van der Waals surface area contributed by atoms with Crippen LogP contribution >= 0.6 is 11.8 Å². The molecule has 0 fully saturated rings. The highest BCUT2D eigenvalue weighted by atomic mass is 32.2. The van der Waals surface area contributed by atoms with Gasteiger partial charge in [0, 0.05) is 18.1 Å². The maximum atomic E-state index is 11.1. The largest absolute Gasteiger partial charge is 0.450 e. The molecule has 0 heterocycles. The number of hydrogen-bond donors (Lipinski definition) is 1. The minimum atomic E-state index is -0.323. The standard InChI is InChI=1S/C20H35NO2S/c1-6-23-20(22)21-14-16-24-15-13-19(5)12-8-11-18(4)10-7-9-17(2)3/h9,11,13H,6-8,10,12,14-16H2,1-5H3,(H,21,22)/b18-11+,19-13+. The van der Waals surface area contributed by atoms with Gasteiger partial charge in [-0.3, -0.25) is 0 Å². The molecule has 0 aromatic heterocycles. The van der Waals surface area contributed by atoms with E-state index in [0.717, 1.165) is 37.2 Å². The zero-order valence-electron chi connectivity index (χ0n) is 16.1. The first kappa shape index (κ1) is 22.8. The molecule has 0 atom stereocenters. The SMILES string of the molecule is CCOC(=O)NCCSC/C=C(\C)CC/C=C(\C)CCC=C(C)C. The van der Waals surface area contributed by atoms with Crippen LogP contribution in [0.15, 0.2) is 34.9 Å². The van der Waals surface area contributed by atoms with Crippen LogP contribution in [-0.2, 0) is 4.74 Å². The van der Waals surface area contributed by atoms with Gasteiger partial charge in [0.25, 0.3) is 0 Å². The number of amides is 1. The number of thioether (sulfide) groups is 1. The maximum Gasteiger partial charge on any atom is 0.407 e. The van der Waals surface area contributed by atoms with Crippen LogP contribution in [0.25, 0.3) is 0 Å². The number of alkyl carbamates (subject to hydrolysis) is 1. The van der Waals surface area contributed by atoms with E-state index in [1.807, 2.05) is 18.7 Å². The first-order valence-corrected chi connectivity index (χ1v) is 10.0. The molecule has 0 aliphatic rings. The maximum absolute atomic E-state index is 11.1. The molecule has 1 amide bonds. The van der Waals surface area contributed by atoms with E-state index in [4.69, 9.17) is 4.74 Å². The molecule has 0 aliphatic carbocycles. The molecule has 0 spiro atoms. The molecule has 0 unspecified atom stereocenters. The van der Waals surface area contributed by atoms with Gasteiger partial charge in [-0.15, -0.1) is 0 Å². The first-order valence-electron chi connectivity index (χ1n) is 8.88. The summed E-state index contributed by atoms with van der Waals surface area (Å²) in [6.07, 6.45) is 11.2. The van der Waals surface area contributed by atoms with Crippen LogP contribution in [-0.4, -0.2) is 30.8 Å². The van der Waals surface area contributed by atoms with E-state index in [-0.39, 0.29) is 6.09 Å². The van der Waals surface area contributed by atoms with Gasteiger partial charge in [-0.25, -0.2) is 4.79 Å². The topological polar surface area (TPSA) is 38.3 Å². The number of ether oxygens (including phenoxy) is 1. The van der Waals surface area contributed by atoms with Gasteiger partial charge in [0.15, 0.2) is 0 Å². The van der Waals surface area contributed by atoms with Gasteiger partial charge in [0.1, 0.15) is 0 Å². The third kappa shape index (κ3) is 15.7. The van der Waals surface area contributed by atoms with Crippen molar-refractivity contribution in [3.8, 4) is 0 Å². The van der Waals surface area contributed by atoms with Gasteiger partial charge in [-0.1, -0.05) is 34.9 Å². The summed E-state index contributed by atoms with van der Waals surface area (Å²) in [4.78, 5) is 11.1. The normalized spacial score (nSPS) is 12.0. The minimum absolute atomic E-state index is 0.323. The first-order chi connectivity index (χ1) is 11.5. The summed E-state index contributed by atoms with van der Waals surface area (Å²) in [5, 5.41) is 2.73. The van der Waals surface area contributed by atoms with Crippen LogP contribution in [0.1, 0.15) is 60.3 Å². The lowest BCUT2D eigenvalue weighted by atomic mass is 10.1. The third-order valence-electron chi connectivity index (χ3n) is 3.46. The van der Waals surface area contributed by atoms with Gasteiger partial charge in [-0.05, 0) is 60.3 Å². The van der Waals surface area contributed by atoms with E-state index in [9.17, 15) is 4.79 Å². The summed E-state index contributed by atoms with van der Waals surface area (Å²) in [6.45, 7) is 11.6. The molecule has 0 aromatic carbocycles. The molecule has 4 heteroatoms. The lowest BCUT2D eigenvalue weighted by Gasteiger charge is -2.04. The Balaban J connectivity index is 3.72. The van der Waals surface area contributed by atoms with Crippen molar-refractivity contribution in [3.63, 3.8) is 0 Å². The van der Waals surface area contributed by atoms with Gasteiger partial charge in [0.2, 0.25) is 0 Å². The van der Waals surface area contributed by atoms with Gasteiger partial charge >= 0.3 is 6.09 Å². The Bertz CT molecular complexity index is 435. The number of allylic oxidation sites excluding steroid dienone is 5. The van der Waals surface area contributed by atoms with Crippen LogP contribution in [0.2, 0.25) is 0 Å². The molecule has 0 saturated carbocycles. The van der Waals surface area contributed by atoms with Crippen molar-refractivity contribution in [1.82, 2.24) is 5.32 Å². The predicted octanol–water partition coefficient (Wildman–Crippen LogP) is 5.88. The third-order valence-corrected chi connectivity index (χ3v) is 4.36. The van der Waals surface area contributed by atoms with Crippen LogP contribution in [0, 0.1) is 0 Å². The average Bonchev–Trinajstić information content (AvgIpc) is 2.50. The van der Waals surface area contributed by atoms with Crippen LogP contribution < -0.4 is 5.32 Å². The van der Waals surface area contributed by atoms with Gasteiger partial charge in [-0.2, -0.15) is 11.8 Å². The molecule has 3 nitrogen and oxygen atoms in total. The van der Waals surface area contributed by atoms with E-state index in [2.05, 4.69) is 51.2 Å². The van der Waals surface area contributed by atoms with Gasteiger partial charge in [0.05, 0.1) is 6.61 Å². The molecule has 0 rings (SSSR count). The van der Waals surface area contributed by atoms with E-state index in [1.165, 1.54) is 16.7 Å². The second-order valence-electron chi connectivity index (χ2n) is 6.18. The van der Waals surface area contributed by atoms with Crippen molar-refractivity contribution < 1.29 is 9.53 Å². The molecule has 24 heavy (non-hydrogen) atoms. The second kappa shape index (κ2) is 15.4. The summed E-state index contributed by atoms with van der Waals surface area (Å²) in [6, 6.07) is 0. The van der Waals surface area contributed by atoms with Crippen molar-refractivity contribution in [2.75, 3.05) is 24.7 Å². The Hall–Kier alpha value is -1.16. The predicted molar refractivity (Wildman–Crippen MR) is 108 cm³/mol. The molecule has 0 bridgehead atoms. The van der Waals surface area contributed by atoms with Crippen molar-refractivity contribution in [2.45, 2.75) is 60.3 Å². The zero-order chi connectivity index (χ0) is 18.2. The number of rotatable bonds is 12. The number of carbonyl (C=O) groups is 1. The average molecular weight is 354 g/mol. The molecule has 0 aromatic rings. The van der Waals surface area contributed by atoms with E-state index in [1.54, 1.807) is 0 Å². The number of carbonyl (C=O) groups excluding carboxylic acids is 1. The Kier molecular flexibility index (Phi) is 14.6. The Morgan fingerprint density at radius 2 is 1.62 bits per heavy atom. The summed E-state index contributed by atoms with van der Waals surface area (Å²) >= 11 is 1.83. The highest BCUT2D eigenvalue weighted by Crippen LogP contribution is 2.12. The van der Waals surface area contributed by atoms with Crippen LogP contribution in [0.4, 0.5) is 4.79 Å². The van der Waals surface area contributed by atoms with Crippen LogP contribution in [0.5, 0.6) is 0 Å². The lowest BCUT2D eigenvalue weighted by Crippen LogP contribution is -2.26. The molecular formula is C20H35NO2S. The molecule has 0 saturated heterocycles. The molecule has 0 radical (unpaired) electrons. The molecule has 0 aliphatic heterocycles. The second-order valence-corrected chi connectivity index (χ2v) is 7.33. The van der Waals surface area contributed by atoms with Gasteiger partial charge < -0.3 is 10.1 Å². The smallest absolute Gasteiger partial charge is 0.407 e. The zero-order valence-corrected chi connectivity index (χ0v) is 16.9. The Labute approximate surface area is 153 Å². The molecule has 1 N–H and O–H groups in total. The summed E-state index contributed by atoms with van der Waals surface area (Å²) < 4.78 is 4.81. The quantitative estimate of drug-likeness (QED) is 0.351. The Morgan fingerprint density at radius 3 is 2.25 bits per heavy atom.